The Morgan fingerprint density at radius 3 is 3.04 bits per heavy atom. The molecule has 2 atom stereocenters. The van der Waals surface area contributed by atoms with E-state index in [0.29, 0.717) is 29.6 Å². The Balaban J connectivity index is 2.11. The lowest BCUT2D eigenvalue weighted by molar-refractivity contribution is 0.0925. The van der Waals surface area contributed by atoms with Crippen LogP contribution in [-0.2, 0) is 4.74 Å². The van der Waals surface area contributed by atoms with Gasteiger partial charge in [0.15, 0.2) is 0 Å². The molecule has 2 rings (SSSR count). The fourth-order valence-corrected chi connectivity index (χ4v) is 2.84. The Morgan fingerprint density at radius 1 is 1.57 bits per heavy atom. The molecule has 2 amide bonds. The predicted molar refractivity (Wildman–Crippen MR) is 89.3 cm³/mol. The lowest BCUT2D eigenvalue weighted by Gasteiger charge is -2.24. The molecule has 2 N–H and O–H groups in total. The lowest BCUT2D eigenvalue weighted by Crippen LogP contribution is -2.40. The molecule has 1 aliphatic heterocycles. The smallest absolute Gasteiger partial charge is 0.322 e. The van der Waals surface area contributed by atoms with Gasteiger partial charge in [-0.25, -0.2) is 4.79 Å². The third-order valence-corrected chi connectivity index (χ3v) is 4.00. The highest BCUT2D eigenvalue weighted by atomic mass is 35.5. The lowest BCUT2D eigenvalue weighted by atomic mass is 10.2. The van der Waals surface area contributed by atoms with Crippen molar-refractivity contribution in [1.29, 1.82) is 0 Å². The van der Waals surface area contributed by atoms with Crippen molar-refractivity contribution in [2.75, 3.05) is 32.2 Å². The van der Waals surface area contributed by atoms with E-state index in [4.69, 9.17) is 21.1 Å². The first-order chi connectivity index (χ1) is 11.0. The molecule has 1 aliphatic rings. The molecule has 6 nitrogen and oxygen atoms in total. The summed E-state index contributed by atoms with van der Waals surface area (Å²) < 4.78 is 10.8. The number of carbonyl (C=O) groups excluding carboxylic acids is 1. The molecule has 1 saturated heterocycles. The molecular formula is C16H23ClN2O4. The fraction of sp³-hybridized carbons (Fsp3) is 0.562. The number of anilines is 1. The first kappa shape index (κ1) is 17.8. The molecule has 0 saturated carbocycles. The Hall–Kier alpha value is -1.50. The number of benzene rings is 1. The van der Waals surface area contributed by atoms with Gasteiger partial charge in [-0.2, -0.15) is 0 Å². The monoisotopic (exact) mass is 342 g/mol. The first-order valence-corrected chi connectivity index (χ1v) is 8.06. The van der Waals surface area contributed by atoms with Gasteiger partial charge in [-0.05, 0) is 38.0 Å². The van der Waals surface area contributed by atoms with Gasteiger partial charge in [0, 0.05) is 18.7 Å². The van der Waals surface area contributed by atoms with Gasteiger partial charge >= 0.3 is 6.03 Å². The summed E-state index contributed by atoms with van der Waals surface area (Å²) in [5.41, 5.74) is 0.508. The number of rotatable bonds is 6. The minimum absolute atomic E-state index is 0.0306. The number of aliphatic hydroxyl groups excluding tert-OH is 1. The zero-order valence-corrected chi connectivity index (χ0v) is 14.2. The number of hydrogen-bond donors (Lipinski definition) is 2. The number of methoxy groups -OCH3 is 1. The van der Waals surface area contributed by atoms with Crippen LogP contribution in [0.3, 0.4) is 0 Å². The van der Waals surface area contributed by atoms with Crippen LogP contribution >= 0.6 is 11.6 Å². The van der Waals surface area contributed by atoms with Crippen molar-refractivity contribution in [3.63, 3.8) is 0 Å². The van der Waals surface area contributed by atoms with Crippen molar-refractivity contribution in [3.05, 3.63) is 23.2 Å². The zero-order valence-electron chi connectivity index (χ0n) is 13.4. The van der Waals surface area contributed by atoms with E-state index in [1.165, 1.54) is 0 Å². The number of likely N-dealkylation sites (tertiary alicyclic amines) is 1. The molecule has 1 heterocycles. The van der Waals surface area contributed by atoms with Gasteiger partial charge in [0.1, 0.15) is 11.9 Å². The van der Waals surface area contributed by atoms with E-state index in [9.17, 15) is 9.90 Å². The summed E-state index contributed by atoms with van der Waals surface area (Å²) in [6, 6.07) is 4.69. The van der Waals surface area contributed by atoms with Crippen LogP contribution < -0.4 is 10.1 Å². The third-order valence-electron chi connectivity index (χ3n) is 3.76. The van der Waals surface area contributed by atoms with Crippen LogP contribution in [0.4, 0.5) is 10.5 Å². The maximum absolute atomic E-state index is 12.4. The molecule has 1 unspecified atom stereocenters. The molecule has 0 bridgehead atoms. The molecule has 1 aromatic carbocycles. The maximum atomic E-state index is 12.4. The van der Waals surface area contributed by atoms with Crippen LogP contribution in [0.1, 0.15) is 19.8 Å². The normalized spacial score (nSPS) is 18.8. The van der Waals surface area contributed by atoms with Crippen LogP contribution in [0, 0.1) is 0 Å². The number of carbonyl (C=O) groups is 1. The number of ether oxygens (including phenoxy) is 2. The van der Waals surface area contributed by atoms with Crippen LogP contribution in [0.15, 0.2) is 18.2 Å². The van der Waals surface area contributed by atoms with Crippen LogP contribution in [-0.4, -0.2) is 55.1 Å². The second kappa shape index (κ2) is 8.38. The van der Waals surface area contributed by atoms with Gasteiger partial charge in [0.05, 0.1) is 24.9 Å². The number of urea groups is 1. The van der Waals surface area contributed by atoms with Gasteiger partial charge in [0.2, 0.25) is 0 Å². The summed E-state index contributed by atoms with van der Waals surface area (Å²) in [6.45, 7) is 2.92. The highest BCUT2D eigenvalue weighted by Crippen LogP contribution is 2.30. The average Bonchev–Trinajstić information content (AvgIpc) is 2.99. The molecule has 0 aromatic heterocycles. The summed E-state index contributed by atoms with van der Waals surface area (Å²) in [7, 11) is 1.60. The summed E-state index contributed by atoms with van der Waals surface area (Å²) in [6.07, 6.45) is 1.55. The number of nitrogens with zero attached hydrogens (tertiary/aromatic N) is 1. The third kappa shape index (κ3) is 4.73. The number of hydrogen-bond acceptors (Lipinski definition) is 4. The van der Waals surface area contributed by atoms with Crippen molar-refractivity contribution in [2.24, 2.45) is 0 Å². The number of halogens is 1. The molecular weight excluding hydrogens is 320 g/mol. The minimum atomic E-state index is -0.256. The quantitative estimate of drug-likeness (QED) is 0.834. The molecule has 128 valence electrons. The second-order valence-corrected chi connectivity index (χ2v) is 6.06. The van der Waals surface area contributed by atoms with Crippen molar-refractivity contribution in [3.8, 4) is 5.75 Å². The summed E-state index contributed by atoms with van der Waals surface area (Å²) in [5, 5.41) is 12.7. The van der Waals surface area contributed by atoms with Crippen LogP contribution in [0.5, 0.6) is 5.75 Å². The number of aliphatic hydroxyl groups is 1. The zero-order chi connectivity index (χ0) is 16.8. The molecule has 1 fully saturated rings. The molecule has 23 heavy (non-hydrogen) atoms. The van der Waals surface area contributed by atoms with E-state index in [2.05, 4.69) is 5.32 Å². The van der Waals surface area contributed by atoms with Crippen molar-refractivity contribution >= 4 is 23.3 Å². The Kier molecular flexibility index (Phi) is 6.50. The summed E-state index contributed by atoms with van der Waals surface area (Å²) in [4.78, 5) is 14.1. The number of amides is 2. The molecule has 0 radical (unpaired) electrons. The fourth-order valence-electron chi connectivity index (χ4n) is 2.67. The Labute approximate surface area is 141 Å². The van der Waals surface area contributed by atoms with Gasteiger partial charge in [-0.1, -0.05) is 11.6 Å². The van der Waals surface area contributed by atoms with E-state index in [1.54, 1.807) is 30.2 Å². The summed E-state index contributed by atoms with van der Waals surface area (Å²) >= 11 is 6.03. The molecule has 1 aromatic rings. The highest BCUT2D eigenvalue weighted by molar-refractivity contribution is 6.31. The van der Waals surface area contributed by atoms with Crippen LogP contribution in [0.25, 0.3) is 0 Å². The van der Waals surface area contributed by atoms with Crippen molar-refractivity contribution in [1.82, 2.24) is 4.90 Å². The standard InChI is InChI=1S/C16H23ClN2O4/c1-11(10-22-2)23-15-6-5-12(17)8-14(15)18-16(21)19-7-3-4-13(19)9-20/h5-6,8,11,13,20H,3-4,7,9-10H2,1-2H3,(H,18,21)/t11?,13-/m1/s1. The Morgan fingerprint density at radius 2 is 2.35 bits per heavy atom. The predicted octanol–water partition coefficient (Wildman–Crippen LogP) is 2.74. The largest absolute Gasteiger partial charge is 0.486 e. The SMILES string of the molecule is COCC(C)Oc1ccc(Cl)cc1NC(=O)N1CCC[C@@H]1CO. The van der Waals surface area contributed by atoms with E-state index in [0.717, 1.165) is 12.8 Å². The van der Waals surface area contributed by atoms with E-state index >= 15 is 0 Å². The van der Waals surface area contributed by atoms with Gasteiger partial charge in [-0.3, -0.25) is 0 Å². The van der Waals surface area contributed by atoms with E-state index in [-0.39, 0.29) is 24.8 Å². The maximum Gasteiger partial charge on any atom is 0.322 e. The first-order valence-electron chi connectivity index (χ1n) is 7.68. The van der Waals surface area contributed by atoms with Crippen LogP contribution in [0.2, 0.25) is 5.02 Å². The van der Waals surface area contributed by atoms with Gasteiger partial charge in [0.25, 0.3) is 0 Å². The second-order valence-electron chi connectivity index (χ2n) is 5.63. The Bertz CT molecular complexity index is 541. The highest BCUT2D eigenvalue weighted by Gasteiger charge is 2.28. The van der Waals surface area contributed by atoms with E-state index < -0.39 is 0 Å². The molecule has 0 spiro atoms. The molecule has 7 heteroatoms. The van der Waals surface area contributed by atoms with Crippen molar-refractivity contribution < 1.29 is 19.4 Å². The average molecular weight is 343 g/mol. The van der Waals surface area contributed by atoms with E-state index in [1.807, 2.05) is 6.92 Å². The molecule has 0 aliphatic carbocycles. The minimum Gasteiger partial charge on any atom is -0.486 e. The summed E-state index contributed by atoms with van der Waals surface area (Å²) in [5.74, 6) is 0.534. The van der Waals surface area contributed by atoms with Gasteiger partial charge in [-0.15, -0.1) is 0 Å². The van der Waals surface area contributed by atoms with Crippen molar-refractivity contribution in [2.45, 2.75) is 31.9 Å². The number of nitrogens with one attached hydrogen (secondary N) is 1. The van der Waals surface area contributed by atoms with Gasteiger partial charge < -0.3 is 24.8 Å². The topological polar surface area (TPSA) is 71.0 Å².